The summed E-state index contributed by atoms with van der Waals surface area (Å²) in [5.74, 6) is -0.343. The quantitative estimate of drug-likeness (QED) is 0.776. The standard InChI is InChI=1S/C13H15BrFNO/c1-9-4-2-3-7-16(9)13(17)11-6-5-10(15)8-12(11)14/h5-6,8-9H,2-4,7H2,1H3. The Balaban J connectivity index is 2.24. The summed E-state index contributed by atoms with van der Waals surface area (Å²) in [6, 6.07) is 4.48. The summed E-state index contributed by atoms with van der Waals surface area (Å²) in [7, 11) is 0. The van der Waals surface area contributed by atoms with Gasteiger partial charge in [0.05, 0.1) is 5.56 Å². The van der Waals surface area contributed by atoms with Gasteiger partial charge in [0.1, 0.15) is 5.82 Å². The van der Waals surface area contributed by atoms with Gasteiger partial charge in [-0.3, -0.25) is 4.79 Å². The number of amides is 1. The third-order valence-corrected chi connectivity index (χ3v) is 3.88. The van der Waals surface area contributed by atoms with Gasteiger partial charge in [0, 0.05) is 17.1 Å². The summed E-state index contributed by atoms with van der Waals surface area (Å²) in [5, 5.41) is 0. The molecule has 0 spiro atoms. The molecule has 1 aromatic carbocycles. The van der Waals surface area contributed by atoms with E-state index in [4.69, 9.17) is 0 Å². The first-order valence-corrected chi connectivity index (χ1v) is 6.65. The molecule has 1 fully saturated rings. The zero-order chi connectivity index (χ0) is 12.4. The fourth-order valence-corrected chi connectivity index (χ4v) is 2.74. The maximum atomic E-state index is 13.0. The summed E-state index contributed by atoms with van der Waals surface area (Å²) in [4.78, 5) is 14.2. The Labute approximate surface area is 109 Å². The Morgan fingerprint density at radius 3 is 2.88 bits per heavy atom. The van der Waals surface area contributed by atoms with Crippen molar-refractivity contribution in [1.82, 2.24) is 4.90 Å². The number of nitrogens with zero attached hydrogens (tertiary/aromatic N) is 1. The topological polar surface area (TPSA) is 20.3 Å². The van der Waals surface area contributed by atoms with Crippen molar-refractivity contribution in [3.8, 4) is 0 Å². The molecule has 1 aliphatic rings. The van der Waals surface area contributed by atoms with Gasteiger partial charge < -0.3 is 4.90 Å². The van der Waals surface area contributed by atoms with E-state index in [1.54, 1.807) is 6.07 Å². The van der Waals surface area contributed by atoms with Crippen molar-refractivity contribution in [2.75, 3.05) is 6.54 Å². The van der Waals surface area contributed by atoms with Crippen LogP contribution in [-0.2, 0) is 0 Å². The summed E-state index contributed by atoms with van der Waals surface area (Å²) >= 11 is 3.25. The highest BCUT2D eigenvalue weighted by atomic mass is 79.9. The van der Waals surface area contributed by atoms with Gasteiger partial charge >= 0.3 is 0 Å². The normalized spacial score (nSPS) is 20.4. The molecule has 1 aromatic rings. The number of piperidine rings is 1. The molecule has 1 aliphatic heterocycles. The molecule has 0 aromatic heterocycles. The Hall–Kier alpha value is -0.900. The Kier molecular flexibility index (Phi) is 3.82. The van der Waals surface area contributed by atoms with Gasteiger partial charge in [0.15, 0.2) is 0 Å². The zero-order valence-electron chi connectivity index (χ0n) is 9.75. The van der Waals surface area contributed by atoms with Crippen LogP contribution >= 0.6 is 15.9 Å². The van der Waals surface area contributed by atoms with Gasteiger partial charge in [-0.05, 0) is 60.3 Å². The van der Waals surface area contributed by atoms with Crippen LogP contribution in [0.5, 0.6) is 0 Å². The van der Waals surface area contributed by atoms with Crippen LogP contribution < -0.4 is 0 Å². The van der Waals surface area contributed by atoms with Gasteiger partial charge in [0.2, 0.25) is 0 Å². The van der Waals surface area contributed by atoms with Gasteiger partial charge in [0.25, 0.3) is 5.91 Å². The fourth-order valence-electron chi connectivity index (χ4n) is 2.22. The minimum atomic E-state index is -0.333. The van der Waals surface area contributed by atoms with Crippen molar-refractivity contribution in [3.63, 3.8) is 0 Å². The highest BCUT2D eigenvalue weighted by Crippen LogP contribution is 2.24. The van der Waals surface area contributed by atoms with E-state index in [1.165, 1.54) is 18.6 Å². The minimum Gasteiger partial charge on any atom is -0.336 e. The van der Waals surface area contributed by atoms with Crippen molar-refractivity contribution in [1.29, 1.82) is 0 Å². The number of carbonyl (C=O) groups excluding carboxylic acids is 1. The van der Waals surface area contributed by atoms with Crippen molar-refractivity contribution in [2.45, 2.75) is 32.2 Å². The third kappa shape index (κ3) is 2.68. The zero-order valence-corrected chi connectivity index (χ0v) is 11.3. The molecule has 0 bridgehead atoms. The average molecular weight is 300 g/mol. The minimum absolute atomic E-state index is 0.0101. The van der Waals surface area contributed by atoms with Crippen molar-refractivity contribution >= 4 is 21.8 Å². The molecule has 1 heterocycles. The van der Waals surface area contributed by atoms with Crippen LogP contribution in [-0.4, -0.2) is 23.4 Å². The molecule has 1 unspecified atom stereocenters. The summed E-state index contributed by atoms with van der Waals surface area (Å²) in [6.45, 7) is 2.86. The molecule has 1 atom stereocenters. The predicted octanol–water partition coefficient (Wildman–Crippen LogP) is 3.60. The second kappa shape index (κ2) is 5.17. The number of halogens is 2. The van der Waals surface area contributed by atoms with Gasteiger partial charge in [-0.25, -0.2) is 4.39 Å². The lowest BCUT2D eigenvalue weighted by Crippen LogP contribution is -2.42. The average Bonchev–Trinajstić information content (AvgIpc) is 2.29. The van der Waals surface area contributed by atoms with E-state index in [1.807, 2.05) is 4.90 Å². The van der Waals surface area contributed by atoms with Crippen LogP contribution in [0.4, 0.5) is 4.39 Å². The predicted molar refractivity (Wildman–Crippen MR) is 68.4 cm³/mol. The lowest BCUT2D eigenvalue weighted by Gasteiger charge is -2.33. The number of hydrogen-bond acceptors (Lipinski definition) is 1. The van der Waals surface area contributed by atoms with Gasteiger partial charge in [-0.1, -0.05) is 0 Å². The molecule has 0 radical (unpaired) electrons. The van der Waals surface area contributed by atoms with E-state index in [2.05, 4.69) is 22.9 Å². The lowest BCUT2D eigenvalue weighted by atomic mass is 10.0. The van der Waals surface area contributed by atoms with Gasteiger partial charge in [-0.2, -0.15) is 0 Å². The smallest absolute Gasteiger partial charge is 0.255 e. The van der Waals surface area contributed by atoms with Crippen molar-refractivity contribution in [2.24, 2.45) is 0 Å². The SMILES string of the molecule is CC1CCCCN1C(=O)c1ccc(F)cc1Br. The second-order valence-corrected chi connectivity index (χ2v) is 5.32. The van der Waals surface area contributed by atoms with Crippen molar-refractivity contribution < 1.29 is 9.18 Å². The Morgan fingerprint density at radius 1 is 1.47 bits per heavy atom. The van der Waals surface area contributed by atoms with E-state index >= 15 is 0 Å². The highest BCUT2D eigenvalue weighted by molar-refractivity contribution is 9.10. The molecule has 92 valence electrons. The van der Waals surface area contributed by atoms with Crippen LogP contribution in [0.2, 0.25) is 0 Å². The summed E-state index contributed by atoms with van der Waals surface area (Å²) in [6.07, 6.45) is 3.27. The molecular formula is C13H15BrFNO. The molecule has 0 saturated carbocycles. The molecule has 0 aliphatic carbocycles. The van der Waals surface area contributed by atoms with Crippen LogP contribution in [0.25, 0.3) is 0 Å². The lowest BCUT2D eigenvalue weighted by molar-refractivity contribution is 0.0634. The monoisotopic (exact) mass is 299 g/mol. The van der Waals surface area contributed by atoms with E-state index < -0.39 is 0 Å². The largest absolute Gasteiger partial charge is 0.336 e. The first kappa shape index (κ1) is 12.6. The molecule has 17 heavy (non-hydrogen) atoms. The van der Waals surface area contributed by atoms with E-state index in [9.17, 15) is 9.18 Å². The first-order chi connectivity index (χ1) is 8.09. The number of hydrogen-bond donors (Lipinski definition) is 0. The fraction of sp³-hybridized carbons (Fsp3) is 0.462. The molecule has 2 nitrogen and oxygen atoms in total. The number of benzene rings is 1. The Morgan fingerprint density at radius 2 is 2.24 bits per heavy atom. The van der Waals surface area contributed by atoms with Crippen LogP contribution in [0.3, 0.4) is 0 Å². The van der Waals surface area contributed by atoms with E-state index in [0.29, 0.717) is 10.0 Å². The van der Waals surface area contributed by atoms with Crippen LogP contribution in [0.15, 0.2) is 22.7 Å². The van der Waals surface area contributed by atoms with E-state index in [0.717, 1.165) is 19.4 Å². The third-order valence-electron chi connectivity index (χ3n) is 3.23. The van der Waals surface area contributed by atoms with Gasteiger partial charge in [-0.15, -0.1) is 0 Å². The number of carbonyl (C=O) groups is 1. The first-order valence-electron chi connectivity index (χ1n) is 5.85. The van der Waals surface area contributed by atoms with E-state index in [-0.39, 0.29) is 17.8 Å². The molecule has 1 amide bonds. The summed E-state index contributed by atoms with van der Waals surface area (Å²) in [5.41, 5.74) is 0.542. The second-order valence-electron chi connectivity index (χ2n) is 4.47. The number of rotatable bonds is 1. The van der Waals surface area contributed by atoms with Crippen LogP contribution in [0, 0.1) is 5.82 Å². The maximum absolute atomic E-state index is 13.0. The molecule has 0 N–H and O–H groups in total. The highest BCUT2D eigenvalue weighted by Gasteiger charge is 2.25. The van der Waals surface area contributed by atoms with Crippen molar-refractivity contribution in [3.05, 3.63) is 34.1 Å². The molecule has 1 saturated heterocycles. The maximum Gasteiger partial charge on any atom is 0.255 e. The Bertz CT molecular complexity index is 435. The van der Waals surface area contributed by atoms with Crippen LogP contribution in [0.1, 0.15) is 36.5 Å². The number of likely N-dealkylation sites (tertiary alicyclic amines) is 1. The molecular weight excluding hydrogens is 285 g/mol. The molecule has 4 heteroatoms. The summed E-state index contributed by atoms with van der Waals surface area (Å²) < 4.78 is 13.5. The molecule has 2 rings (SSSR count).